The van der Waals surface area contributed by atoms with Crippen molar-refractivity contribution in [3.8, 4) is 0 Å². The summed E-state index contributed by atoms with van der Waals surface area (Å²) in [5.41, 5.74) is 2.64. The number of aryl methyl sites for hydroxylation is 1. The number of aliphatic hydroxyl groups is 1. The Balaban J connectivity index is 1.87. The fraction of sp³-hybridized carbons (Fsp3) is 0.158. The van der Waals surface area contributed by atoms with Crippen LogP contribution in [0.2, 0.25) is 0 Å². The first-order valence-electron chi connectivity index (χ1n) is 7.05. The zero-order chi connectivity index (χ0) is 14.8. The smallest absolute Gasteiger partial charge is 0.123 e. The lowest BCUT2D eigenvalue weighted by Crippen LogP contribution is -2.04. The molecule has 3 aromatic rings. The molecule has 0 bridgehead atoms. The van der Waals surface area contributed by atoms with Crippen LogP contribution in [0.5, 0.6) is 0 Å². The molecule has 21 heavy (non-hydrogen) atoms. The third-order valence-corrected chi connectivity index (χ3v) is 3.83. The number of hydrogen-bond donors (Lipinski definition) is 1. The zero-order valence-corrected chi connectivity index (χ0v) is 11.9. The summed E-state index contributed by atoms with van der Waals surface area (Å²) in [5, 5.41) is 12.7. The molecule has 1 nitrogen and oxygen atoms in total. The van der Waals surface area contributed by atoms with E-state index in [4.69, 9.17) is 0 Å². The highest BCUT2D eigenvalue weighted by molar-refractivity contribution is 5.83. The van der Waals surface area contributed by atoms with Crippen molar-refractivity contribution in [1.29, 1.82) is 0 Å². The van der Waals surface area contributed by atoms with Crippen molar-refractivity contribution in [2.75, 3.05) is 0 Å². The SMILES string of the molecule is Cc1cc(F)ccc1C(O)Cc1ccc2ccccc2c1. The van der Waals surface area contributed by atoms with Gasteiger partial charge in [0.05, 0.1) is 6.10 Å². The molecule has 0 aliphatic carbocycles. The maximum Gasteiger partial charge on any atom is 0.123 e. The number of aliphatic hydroxyl groups excluding tert-OH is 1. The van der Waals surface area contributed by atoms with E-state index in [2.05, 4.69) is 24.3 Å². The van der Waals surface area contributed by atoms with Crippen LogP contribution < -0.4 is 0 Å². The van der Waals surface area contributed by atoms with Gasteiger partial charge in [-0.25, -0.2) is 4.39 Å². The highest BCUT2D eigenvalue weighted by Crippen LogP contribution is 2.24. The Morgan fingerprint density at radius 1 is 0.952 bits per heavy atom. The van der Waals surface area contributed by atoms with Crippen molar-refractivity contribution in [3.63, 3.8) is 0 Å². The van der Waals surface area contributed by atoms with Crippen molar-refractivity contribution in [1.82, 2.24) is 0 Å². The summed E-state index contributed by atoms with van der Waals surface area (Å²) in [4.78, 5) is 0. The lowest BCUT2D eigenvalue weighted by molar-refractivity contribution is 0.177. The molecule has 0 saturated carbocycles. The molecule has 0 aromatic heterocycles. The van der Waals surface area contributed by atoms with Crippen LogP contribution in [0.3, 0.4) is 0 Å². The third-order valence-electron chi connectivity index (χ3n) is 3.83. The van der Waals surface area contributed by atoms with Crippen LogP contribution in [-0.4, -0.2) is 5.11 Å². The maximum atomic E-state index is 13.1. The predicted molar refractivity (Wildman–Crippen MR) is 83.7 cm³/mol. The second kappa shape index (κ2) is 5.66. The van der Waals surface area contributed by atoms with Crippen molar-refractivity contribution >= 4 is 10.8 Å². The van der Waals surface area contributed by atoms with E-state index in [0.717, 1.165) is 22.1 Å². The average molecular weight is 280 g/mol. The Labute approximate surface area is 123 Å². The number of benzene rings is 3. The first-order chi connectivity index (χ1) is 10.1. The minimum Gasteiger partial charge on any atom is -0.388 e. The van der Waals surface area contributed by atoms with E-state index in [1.165, 1.54) is 17.5 Å². The molecular formula is C19H17FO. The number of fused-ring (bicyclic) bond motifs is 1. The van der Waals surface area contributed by atoms with Crippen molar-refractivity contribution < 1.29 is 9.50 Å². The Bertz CT molecular complexity index is 779. The summed E-state index contributed by atoms with van der Waals surface area (Å²) in [6.07, 6.45) is -0.0936. The fourth-order valence-corrected chi connectivity index (χ4v) is 2.71. The highest BCUT2D eigenvalue weighted by atomic mass is 19.1. The van der Waals surface area contributed by atoms with Gasteiger partial charge in [-0.1, -0.05) is 48.5 Å². The van der Waals surface area contributed by atoms with Crippen LogP contribution >= 0.6 is 0 Å². The van der Waals surface area contributed by atoms with E-state index in [0.29, 0.717) is 6.42 Å². The molecule has 0 aliphatic rings. The van der Waals surface area contributed by atoms with Gasteiger partial charge >= 0.3 is 0 Å². The topological polar surface area (TPSA) is 20.2 Å². The van der Waals surface area contributed by atoms with Crippen molar-refractivity contribution in [3.05, 3.63) is 83.2 Å². The molecule has 0 aliphatic heterocycles. The number of rotatable bonds is 3. The monoisotopic (exact) mass is 280 g/mol. The van der Waals surface area contributed by atoms with Gasteiger partial charge in [0.15, 0.2) is 0 Å². The summed E-state index contributed by atoms with van der Waals surface area (Å²) in [7, 11) is 0. The Kier molecular flexibility index (Phi) is 3.72. The number of halogens is 1. The van der Waals surface area contributed by atoms with Gasteiger partial charge < -0.3 is 5.11 Å². The lowest BCUT2D eigenvalue weighted by Gasteiger charge is -2.14. The second-order valence-electron chi connectivity index (χ2n) is 5.40. The highest BCUT2D eigenvalue weighted by Gasteiger charge is 2.12. The summed E-state index contributed by atoms with van der Waals surface area (Å²) in [5.74, 6) is -0.269. The first kappa shape index (κ1) is 13.8. The summed E-state index contributed by atoms with van der Waals surface area (Å²) in [6, 6.07) is 18.9. The molecule has 0 fully saturated rings. The van der Waals surface area contributed by atoms with E-state index >= 15 is 0 Å². The lowest BCUT2D eigenvalue weighted by atomic mass is 9.96. The largest absolute Gasteiger partial charge is 0.388 e. The molecule has 1 N–H and O–H groups in total. The van der Waals surface area contributed by atoms with Gasteiger partial charge in [-0.3, -0.25) is 0 Å². The average Bonchev–Trinajstić information content (AvgIpc) is 2.47. The molecular weight excluding hydrogens is 263 g/mol. The quantitative estimate of drug-likeness (QED) is 0.745. The molecule has 2 heteroatoms. The third kappa shape index (κ3) is 2.96. The van der Waals surface area contributed by atoms with Gasteiger partial charge in [0, 0.05) is 6.42 Å². The maximum absolute atomic E-state index is 13.1. The van der Waals surface area contributed by atoms with E-state index < -0.39 is 6.10 Å². The molecule has 0 heterocycles. The van der Waals surface area contributed by atoms with Crippen LogP contribution in [0.4, 0.5) is 4.39 Å². The molecule has 106 valence electrons. The Hall–Kier alpha value is -2.19. The molecule has 3 aromatic carbocycles. The molecule has 3 rings (SSSR count). The van der Waals surface area contributed by atoms with Crippen LogP contribution in [0.15, 0.2) is 60.7 Å². The number of hydrogen-bond acceptors (Lipinski definition) is 1. The molecule has 0 radical (unpaired) electrons. The van der Waals surface area contributed by atoms with Crippen molar-refractivity contribution in [2.24, 2.45) is 0 Å². The molecule has 1 atom stereocenters. The van der Waals surface area contributed by atoms with Gasteiger partial charge in [-0.05, 0) is 46.5 Å². The molecule has 0 spiro atoms. The van der Waals surface area contributed by atoms with Crippen molar-refractivity contribution in [2.45, 2.75) is 19.4 Å². The van der Waals surface area contributed by atoms with Crippen LogP contribution in [0, 0.1) is 12.7 Å². The van der Waals surface area contributed by atoms with Gasteiger partial charge in [-0.15, -0.1) is 0 Å². The fourth-order valence-electron chi connectivity index (χ4n) is 2.71. The molecule has 0 amide bonds. The predicted octanol–water partition coefficient (Wildman–Crippen LogP) is 4.56. The second-order valence-corrected chi connectivity index (χ2v) is 5.40. The van der Waals surface area contributed by atoms with E-state index in [1.807, 2.05) is 25.1 Å². The van der Waals surface area contributed by atoms with Gasteiger partial charge in [0.25, 0.3) is 0 Å². The normalized spacial score (nSPS) is 12.5. The van der Waals surface area contributed by atoms with E-state index in [1.54, 1.807) is 6.07 Å². The van der Waals surface area contributed by atoms with Crippen LogP contribution in [0.25, 0.3) is 10.8 Å². The standard InChI is InChI=1S/C19H17FO/c1-13-10-17(20)8-9-18(13)19(21)12-14-6-7-15-4-2-3-5-16(15)11-14/h2-11,19,21H,12H2,1H3. The van der Waals surface area contributed by atoms with E-state index in [9.17, 15) is 9.50 Å². The summed E-state index contributed by atoms with van der Waals surface area (Å²) < 4.78 is 13.1. The summed E-state index contributed by atoms with van der Waals surface area (Å²) >= 11 is 0. The minimum atomic E-state index is -0.619. The van der Waals surface area contributed by atoms with Crippen LogP contribution in [0.1, 0.15) is 22.8 Å². The Morgan fingerprint density at radius 2 is 1.71 bits per heavy atom. The van der Waals surface area contributed by atoms with E-state index in [-0.39, 0.29) is 5.82 Å². The zero-order valence-electron chi connectivity index (χ0n) is 11.9. The van der Waals surface area contributed by atoms with Gasteiger partial charge in [-0.2, -0.15) is 0 Å². The summed E-state index contributed by atoms with van der Waals surface area (Å²) in [6.45, 7) is 1.82. The van der Waals surface area contributed by atoms with Crippen LogP contribution in [-0.2, 0) is 6.42 Å². The Morgan fingerprint density at radius 3 is 2.48 bits per heavy atom. The molecule has 0 saturated heterocycles. The molecule has 1 unspecified atom stereocenters. The van der Waals surface area contributed by atoms with Gasteiger partial charge in [0.2, 0.25) is 0 Å². The van der Waals surface area contributed by atoms with Gasteiger partial charge in [0.1, 0.15) is 5.82 Å². The first-order valence-corrected chi connectivity index (χ1v) is 7.05. The minimum absolute atomic E-state index is 0.269.